The number of hydrogen-bond acceptors (Lipinski definition) is 3. The predicted octanol–water partition coefficient (Wildman–Crippen LogP) is 4.42. The number of nitrogens with one attached hydrogen (secondary N) is 1. The van der Waals surface area contributed by atoms with Crippen LogP contribution in [0.15, 0.2) is 51.9 Å². The first kappa shape index (κ1) is 16.5. The molecule has 2 aromatic carbocycles. The zero-order valence-electron chi connectivity index (χ0n) is 12.9. The molecule has 0 amide bonds. The topological polar surface area (TPSA) is 74.4 Å². The van der Waals surface area contributed by atoms with Gasteiger partial charge in [0.1, 0.15) is 0 Å². The highest BCUT2D eigenvalue weighted by molar-refractivity contribution is 9.10. The third-order valence-electron chi connectivity index (χ3n) is 3.70. The van der Waals surface area contributed by atoms with Gasteiger partial charge in [0, 0.05) is 33.2 Å². The van der Waals surface area contributed by atoms with E-state index in [4.69, 9.17) is 5.73 Å². The van der Waals surface area contributed by atoms with Crippen LogP contribution in [0.1, 0.15) is 17.5 Å². The Balaban J connectivity index is 2.21. The van der Waals surface area contributed by atoms with Gasteiger partial charge < -0.3 is 15.8 Å². The van der Waals surface area contributed by atoms with E-state index < -0.39 is 6.67 Å². The Morgan fingerprint density at radius 2 is 2.08 bits per heavy atom. The van der Waals surface area contributed by atoms with Crippen LogP contribution in [0.25, 0.3) is 10.9 Å². The molecule has 0 fully saturated rings. The maximum atomic E-state index is 12.5. The number of benzene rings is 2. The van der Waals surface area contributed by atoms with E-state index in [-0.39, 0.29) is 5.88 Å². The highest BCUT2D eigenvalue weighted by atomic mass is 79.9. The molecule has 0 saturated heterocycles. The van der Waals surface area contributed by atoms with E-state index in [0.29, 0.717) is 29.9 Å². The molecule has 124 valence electrons. The third kappa shape index (κ3) is 3.28. The third-order valence-corrected chi connectivity index (χ3v) is 4.19. The number of nitrogens with two attached hydrogens (primary N) is 1. The molecule has 0 bridgehead atoms. The summed E-state index contributed by atoms with van der Waals surface area (Å²) in [5, 5.41) is 11.3. The van der Waals surface area contributed by atoms with Crippen LogP contribution in [0.4, 0.5) is 10.1 Å². The van der Waals surface area contributed by atoms with E-state index >= 15 is 0 Å². The molecular weight excluding hydrogens is 373 g/mol. The second-order valence-electron chi connectivity index (χ2n) is 5.44. The van der Waals surface area contributed by atoms with Gasteiger partial charge in [-0.15, -0.1) is 0 Å². The molecule has 4 N–H and O–H groups in total. The lowest BCUT2D eigenvalue weighted by Gasteiger charge is -2.08. The van der Waals surface area contributed by atoms with Crippen LogP contribution in [0.2, 0.25) is 0 Å². The molecule has 6 heteroatoms. The molecule has 1 heterocycles. The lowest BCUT2D eigenvalue weighted by molar-refractivity contribution is 0.457. The van der Waals surface area contributed by atoms with Crippen molar-refractivity contribution in [3.63, 3.8) is 0 Å². The van der Waals surface area contributed by atoms with Crippen LogP contribution in [0.3, 0.4) is 0 Å². The first-order valence-corrected chi connectivity index (χ1v) is 8.36. The van der Waals surface area contributed by atoms with Crippen molar-refractivity contribution in [3.05, 3.63) is 58.1 Å². The Kier molecular flexibility index (Phi) is 4.85. The number of hydrogen-bond donors (Lipinski definition) is 3. The van der Waals surface area contributed by atoms with Gasteiger partial charge in [0.15, 0.2) is 5.88 Å². The molecule has 0 aliphatic carbocycles. The Morgan fingerprint density at radius 3 is 2.83 bits per heavy atom. The summed E-state index contributed by atoms with van der Waals surface area (Å²) < 4.78 is 13.4. The average molecular weight is 390 g/mol. The van der Waals surface area contributed by atoms with Gasteiger partial charge in [-0.25, -0.2) is 0 Å². The van der Waals surface area contributed by atoms with Gasteiger partial charge in [-0.2, -0.15) is 0 Å². The number of aromatic nitrogens is 1. The van der Waals surface area contributed by atoms with Gasteiger partial charge in [0.25, 0.3) is 0 Å². The number of aromatic hydroxyl groups is 1. The van der Waals surface area contributed by atoms with E-state index in [1.54, 1.807) is 12.1 Å². The molecule has 0 radical (unpaired) electrons. The number of rotatable bonds is 5. The Labute approximate surface area is 147 Å². The Hall–Kier alpha value is -2.34. The molecular formula is C18H17BrFN3O. The standard InChI is InChI=1S/C18H17BrFN3O/c19-12-5-6-15-14(10-12)16(18(24)23-15)17(22-8-2-7-20)11-3-1-4-13(21)9-11/h1,3-6,9-10,23-24H,2,7-8,21H2. The van der Waals surface area contributed by atoms with Gasteiger partial charge >= 0.3 is 0 Å². The summed E-state index contributed by atoms with van der Waals surface area (Å²) in [6.45, 7) is -0.0973. The number of aliphatic imine (C=N–C) groups is 1. The monoisotopic (exact) mass is 389 g/mol. The number of halogens is 2. The van der Waals surface area contributed by atoms with Crippen LogP contribution >= 0.6 is 15.9 Å². The van der Waals surface area contributed by atoms with E-state index in [0.717, 1.165) is 20.9 Å². The van der Waals surface area contributed by atoms with Crippen LogP contribution in [0.5, 0.6) is 5.88 Å². The number of nitrogens with zero attached hydrogens (tertiary/aromatic N) is 1. The number of anilines is 1. The van der Waals surface area contributed by atoms with Crippen molar-refractivity contribution in [1.29, 1.82) is 0 Å². The highest BCUT2D eigenvalue weighted by Crippen LogP contribution is 2.32. The molecule has 24 heavy (non-hydrogen) atoms. The van der Waals surface area contributed by atoms with Crippen molar-refractivity contribution in [3.8, 4) is 5.88 Å². The molecule has 3 aromatic rings. The minimum atomic E-state index is -0.431. The second-order valence-corrected chi connectivity index (χ2v) is 6.35. The van der Waals surface area contributed by atoms with Gasteiger partial charge in [-0.05, 0) is 36.8 Å². The SMILES string of the molecule is Nc1cccc(C(=NCCCF)c2c(O)[nH]c3ccc(Br)cc23)c1. The maximum absolute atomic E-state index is 12.5. The maximum Gasteiger partial charge on any atom is 0.199 e. The summed E-state index contributed by atoms with van der Waals surface area (Å²) in [7, 11) is 0. The fraction of sp³-hybridized carbons (Fsp3) is 0.167. The highest BCUT2D eigenvalue weighted by Gasteiger charge is 2.18. The molecule has 0 aliphatic rings. The molecule has 0 atom stereocenters. The lowest BCUT2D eigenvalue weighted by atomic mass is 10.0. The zero-order chi connectivity index (χ0) is 17.1. The normalized spacial score (nSPS) is 12.0. The van der Waals surface area contributed by atoms with Crippen molar-refractivity contribution in [1.82, 2.24) is 4.98 Å². The number of H-pyrrole nitrogens is 1. The predicted molar refractivity (Wildman–Crippen MR) is 99.6 cm³/mol. The quantitative estimate of drug-likeness (QED) is 0.343. The van der Waals surface area contributed by atoms with Crippen molar-refractivity contribution in [2.45, 2.75) is 6.42 Å². The van der Waals surface area contributed by atoms with Crippen molar-refractivity contribution in [2.24, 2.45) is 4.99 Å². The summed E-state index contributed by atoms with van der Waals surface area (Å²) in [5.74, 6) is 0.0320. The fourth-order valence-electron chi connectivity index (χ4n) is 2.64. The number of alkyl halides is 1. The van der Waals surface area contributed by atoms with E-state index in [9.17, 15) is 9.50 Å². The number of nitrogen functional groups attached to an aromatic ring is 1. The van der Waals surface area contributed by atoms with Crippen molar-refractivity contribution in [2.75, 3.05) is 19.0 Å². The van der Waals surface area contributed by atoms with Crippen LogP contribution in [-0.4, -0.2) is 29.0 Å². The van der Waals surface area contributed by atoms with Gasteiger partial charge in [0.2, 0.25) is 0 Å². The summed E-state index contributed by atoms with van der Waals surface area (Å²) in [6.07, 6.45) is 0.332. The zero-order valence-corrected chi connectivity index (χ0v) is 14.5. The van der Waals surface area contributed by atoms with E-state index in [1.165, 1.54) is 0 Å². The summed E-state index contributed by atoms with van der Waals surface area (Å²) in [6, 6.07) is 13.0. The van der Waals surface area contributed by atoms with Crippen LogP contribution < -0.4 is 5.73 Å². The van der Waals surface area contributed by atoms with Crippen LogP contribution in [0, 0.1) is 0 Å². The molecule has 1 aromatic heterocycles. The Morgan fingerprint density at radius 1 is 1.25 bits per heavy atom. The largest absolute Gasteiger partial charge is 0.494 e. The number of fused-ring (bicyclic) bond motifs is 1. The van der Waals surface area contributed by atoms with Crippen LogP contribution in [-0.2, 0) is 0 Å². The minimum Gasteiger partial charge on any atom is -0.494 e. The first-order valence-electron chi connectivity index (χ1n) is 7.57. The lowest BCUT2D eigenvalue weighted by Crippen LogP contribution is -2.05. The average Bonchev–Trinajstić information content (AvgIpc) is 2.87. The fourth-order valence-corrected chi connectivity index (χ4v) is 3.00. The molecule has 0 saturated carbocycles. The minimum absolute atomic E-state index is 0.0320. The van der Waals surface area contributed by atoms with E-state index in [1.807, 2.05) is 30.3 Å². The second kappa shape index (κ2) is 7.05. The molecule has 0 unspecified atom stereocenters. The van der Waals surface area contributed by atoms with Gasteiger partial charge in [-0.1, -0.05) is 28.1 Å². The first-order chi connectivity index (χ1) is 11.6. The molecule has 0 aliphatic heterocycles. The van der Waals surface area contributed by atoms with Gasteiger partial charge in [-0.3, -0.25) is 9.38 Å². The molecule has 0 spiro atoms. The smallest absolute Gasteiger partial charge is 0.199 e. The van der Waals surface area contributed by atoms with Crippen molar-refractivity contribution < 1.29 is 9.50 Å². The van der Waals surface area contributed by atoms with Gasteiger partial charge in [0.05, 0.1) is 17.9 Å². The van der Waals surface area contributed by atoms with Crippen molar-refractivity contribution >= 4 is 38.2 Å². The number of aromatic amines is 1. The van der Waals surface area contributed by atoms with E-state index in [2.05, 4.69) is 25.9 Å². The summed E-state index contributed by atoms with van der Waals surface area (Å²) >= 11 is 3.45. The molecule has 4 nitrogen and oxygen atoms in total. The molecule has 3 rings (SSSR count). The summed E-state index contributed by atoms with van der Waals surface area (Å²) in [4.78, 5) is 7.49. The Bertz CT molecular complexity index is 904. The summed E-state index contributed by atoms with van der Waals surface area (Å²) in [5.41, 5.74) is 9.26.